The highest BCUT2D eigenvalue weighted by Gasteiger charge is 2.04. The van der Waals surface area contributed by atoms with Crippen molar-refractivity contribution in [2.24, 2.45) is 7.05 Å². The first-order chi connectivity index (χ1) is 8.69. The van der Waals surface area contributed by atoms with Gasteiger partial charge in [0, 0.05) is 33.3 Å². The standard InChI is InChI=1S/C11H15ClN6/c1-13-11-15-7-9(12)10(16-11)14-5-3-8-4-6-18(2)17-8/h4,6-7H,3,5H2,1-2H3,(H2,13,14,15,16). The van der Waals surface area contributed by atoms with Crippen molar-refractivity contribution in [3.05, 3.63) is 29.2 Å². The van der Waals surface area contributed by atoms with Crippen molar-refractivity contribution in [3.8, 4) is 0 Å². The highest BCUT2D eigenvalue weighted by molar-refractivity contribution is 6.32. The maximum atomic E-state index is 6.00. The summed E-state index contributed by atoms with van der Waals surface area (Å²) >= 11 is 6.00. The van der Waals surface area contributed by atoms with Crippen molar-refractivity contribution in [1.82, 2.24) is 19.7 Å². The second-order valence-corrected chi connectivity index (χ2v) is 4.20. The van der Waals surface area contributed by atoms with Crippen molar-refractivity contribution in [3.63, 3.8) is 0 Å². The summed E-state index contributed by atoms with van der Waals surface area (Å²) in [5.74, 6) is 1.17. The molecule has 2 heterocycles. The fourth-order valence-corrected chi connectivity index (χ4v) is 1.67. The second-order valence-electron chi connectivity index (χ2n) is 3.80. The Kier molecular flexibility index (Phi) is 3.99. The van der Waals surface area contributed by atoms with Gasteiger partial charge in [-0.3, -0.25) is 4.68 Å². The van der Waals surface area contributed by atoms with Crippen LogP contribution in [0.2, 0.25) is 5.02 Å². The molecule has 0 bridgehead atoms. The van der Waals surface area contributed by atoms with Crippen LogP contribution in [-0.2, 0) is 13.5 Å². The predicted octanol–water partition coefficient (Wildman–Crippen LogP) is 1.56. The molecule has 0 saturated heterocycles. The van der Waals surface area contributed by atoms with Crippen LogP contribution in [0, 0.1) is 0 Å². The quantitative estimate of drug-likeness (QED) is 0.860. The number of rotatable bonds is 5. The van der Waals surface area contributed by atoms with Crippen LogP contribution in [-0.4, -0.2) is 33.3 Å². The summed E-state index contributed by atoms with van der Waals surface area (Å²) in [6.45, 7) is 0.719. The van der Waals surface area contributed by atoms with Crippen LogP contribution in [0.1, 0.15) is 5.69 Å². The third-order valence-corrected chi connectivity index (χ3v) is 2.69. The van der Waals surface area contributed by atoms with Crippen LogP contribution in [0.15, 0.2) is 18.5 Å². The first-order valence-electron chi connectivity index (χ1n) is 5.61. The SMILES string of the molecule is CNc1ncc(Cl)c(NCCc2ccn(C)n2)n1. The Balaban J connectivity index is 1.93. The number of anilines is 2. The molecule has 0 spiro atoms. The summed E-state index contributed by atoms with van der Waals surface area (Å²) < 4.78 is 1.78. The lowest BCUT2D eigenvalue weighted by atomic mass is 10.3. The average Bonchev–Trinajstić information content (AvgIpc) is 2.77. The number of aromatic nitrogens is 4. The van der Waals surface area contributed by atoms with E-state index >= 15 is 0 Å². The van der Waals surface area contributed by atoms with Gasteiger partial charge in [0.05, 0.1) is 11.9 Å². The Morgan fingerprint density at radius 3 is 2.94 bits per heavy atom. The fraction of sp³-hybridized carbons (Fsp3) is 0.364. The number of nitrogens with zero attached hydrogens (tertiary/aromatic N) is 4. The third-order valence-electron chi connectivity index (χ3n) is 2.41. The molecule has 18 heavy (non-hydrogen) atoms. The lowest BCUT2D eigenvalue weighted by molar-refractivity contribution is 0.742. The molecule has 0 fully saturated rings. The van der Waals surface area contributed by atoms with E-state index in [1.54, 1.807) is 17.9 Å². The van der Waals surface area contributed by atoms with Crippen LogP contribution >= 0.6 is 11.6 Å². The Bertz CT molecular complexity index is 524. The number of nitrogens with one attached hydrogen (secondary N) is 2. The van der Waals surface area contributed by atoms with Crippen LogP contribution in [0.5, 0.6) is 0 Å². The highest BCUT2D eigenvalue weighted by atomic mass is 35.5. The first kappa shape index (κ1) is 12.6. The van der Waals surface area contributed by atoms with Crippen molar-refractivity contribution < 1.29 is 0 Å². The van der Waals surface area contributed by atoms with Crippen molar-refractivity contribution >= 4 is 23.4 Å². The largest absolute Gasteiger partial charge is 0.368 e. The lowest BCUT2D eigenvalue weighted by Gasteiger charge is -2.07. The molecule has 0 unspecified atom stereocenters. The summed E-state index contributed by atoms with van der Waals surface area (Å²) in [7, 11) is 3.66. The van der Waals surface area contributed by atoms with Crippen molar-refractivity contribution in [1.29, 1.82) is 0 Å². The Hall–Kier alpha value is -1.82. The number of halogens is 1. The van der Waals surface area contributed by atoms with E-state index in [1.807, 2.05) is 19.3 Å². The minimum absolute atomic E-state index is 0.509. The summed E-state index contributed by atoms with van der Waals surface area (Å²) in [5.41, 5.74) is 1.03. The molecule has 0 aliphatic rings. The molecule has 2 aromatic rings. The molecule has 0 aliphatic carbocycles. The molecular weight excluding hydrogens is 252 g/mol. The molecule has 0 atom stereocenters. The third kappa shape index (κ3) is 3.10. The minimum Gasteiger partial charge on any atom is -0.368 e. The molecule has 96 valence electrons. The second kappa shape index (κ2) is 5.68. The van der Waals surface area contributed by atoms with E-state index in [1.165, 1.54) is 0 Å². The van der Waals surface area contributed by atoms with Gasteiger partial charge in [0.25, 0.3) is 0 Å². The maximum Gasteiger partial charge on any atom is 0.224 e. The zero-order chi connectivity index (χ0) is 13.0. The van der Waals surface area contributed by atoms with Gasteiger partial charge in [0.2, 0.25) is 5.95 Å². The fourth-order valence-electron chi connectivity index (χ4n) is 1.52. The van der Waals surface area contributed by atoms with E-state index in [9.17, 15) is 0 Å². The van der Waals surface area contributed by atoms with E-state index in [2.05, 4.69) is 25.7 Å². The molecule has 0 aromatic carbocycles. The van der Waals surface area contributed by atoms with E-state index in [4.69, 9.17) is 11.6 Å². The lowest BCUT2D eigenvalue weighted by Crippen LogP contribution is -2.09. The maximum absolute atomic E-state index is 6.00. The van der Waals surface area contributed by atoms with Crippen molar-refractivity contribution in [2.45, 2.75) is 6.42 Å². The molecule has 2 rings (SSSR count). The van der Waals surface area contributed by atoms with Gasteiger partial charge < -0.3 is 10.6 Å². The molecule has 0 saturated carbocycles. The van der Waals surface area contributed by atoms with Crippen LogP contribution in [0.25, 0.3) is 0 Å². The molecule has 6 nitrogen and oxygen atoms in total. The summed E-state index contributed by atoms with van der Waals surface area (Å²) in [4.78, 5) is 8.25. The van der Waals surface area contributed by atoms with E-state index in [0.717, 1.165) is 18.7 Å². The summed E-state index contributed by atoms with van der Waals surface area (Å²) in [6, 6.07) is 1.99. The van der Waals surface area contributed by atoms with Crippen molar-refractivity contribution in [2.75, 3.05) is 24.2 Å². The Labute approximate surface area is 110 Å². The van der Waals surface area contributed by atoms with Gasteiger partial charge in [-0.2, -0.15) is 10.1 Å². The van der Waals surface area contributed by atoms with E-state index < -0.39 is 0 Å². The Morgan fingerprint density at radius 1 is 1.44 bits per heavy atom. The predicted molar refractivity (Wildman–Crippen MR) is 72.0 cm³/mol. The number of hydrogen-bond donors (Lipinski definition) is 2. The molecular formula is C11H15ClN6. The topological polar surface area (TPSA) is 67.7 Å². The smallest absolute Gasteiger partial charge is 0.224 e. The molecule has 2 N–H and O–H groups in total. The van der Waals surface area contributed by atoms with Gasteiger partial charge in [-0.05, 0) is 6.07 Å². The van der Waals surface area contributed by atoms with E-state index in [0.29, 0.717) is 16.8 Å². The molecule has 2 aromatic heterocycles. The first-order valence-corrected chi connectivity index (χ1v) is 5.99. The average molecular weight is 267 g/mol. The summed E-state index contributed by atoms with van der Waals surface area (Å²) in [5, 5.41) is 10.8. The zero-order valence-corrected chi connectivity index (χ0v) is 11.1. The van der Waals surface area contributed by atoms with E-state index in [-0.39, 0.29) is 0 Å². The monoisotopic (exact) mass is 266 g/mol. The van der Waals surface area contributed by atoms with Gasteiger partial charge >= 0.3 is 0 Å². The van der Waals surface area contributed by atoms with Gasteiger partial charge in [0.1, 0.15) is 10.8 Å². The molecule has 0 radical (unpaired) electrons. The van der Waals surface area contributed by atoms with Crippen LogP contribution in [0.4, 0.5) is 11.8 Å². The number of aryl methyl sites for hydroxylation is 1. The van der Waals surface area contributed by atoms with Gasteiger partial charge in [0.15, 0.2) is 0 Å². The van der Waals surface area contributed by atoms with Crippen LogP contribution < -0.4 is 10.6 Å². The van der Waals surface area contributed by atoms with Crippen LogP contribution in [0.3, 0.4) is 0 Å². The van der Waals surface area contributed by atoms with Gasteiger partial charge in [-0.25, -0.2) is 4.98 Å². The molecule has 0 amide bonds. The highest BCUT2D eigenvalue weighted by Crippen LogP contribution is 2.18. The molecule has 0 aliphatic heterocycles. The number of hydrogen-bond acceptors (Lipinski definition) is 5. The zero-order valence-electron chi connectivity index (χ0n) is 10.3. The van der Waals surface area contributed by atoms with Gasteiger partial charge in [-0.15, -0.1) is 0 Å². The summed E-state index contributed by atoms with van der Waals surface area (Å²) in [6.07, 6.45) is 4.31. The Morgan fingerprint density at radius 2 is 2.28 bits per heavy atom. The molecule has 7 heteroatoms. The minimum atomic E-state index is 0.509. The normalized spacial score (nSPS) is 10.4. The van der Waals surface area contributed by atoms with Gasteiger partial charge in [-0.1, -0.05) is 11.6 Å².